The highest BCUT2D eigenvalue weighted by Gasteiger charge is 2.06. The first-order valence-corrected chi connectivity index (χ1v) is 9.43. The molecule has 0 bridgehead atoms. The Morgan fingerprint density at radius 1 is 0.966 bits per heavy atom. The Kier molecular flexibility index (Phi) is 6.87. The second kappa shape index (κ2) is 9.75. The first-order chi connectivity index (χ1) is 14.0. The summed E-state index contributed by atoms with van der Waals surface area (Å²) < 4.78 is 11.3. The number of carbonyl (C=O) groups is 1. The molecular formula is C23H21ClN2O3. The van der Waals surface area contributed by atoms with Gasteiger partial charge in [0.1, 0.15) is 17.2 Å². The number of ether oxygens (including phenoxy) is 2. The fourth-order valence-corrected chi connectivity index (χ4v) is 2.74. The summed E-state index contributed by atoms with van der Waals surface area (Å²) in [4.78, 5) is 12.0. The lowest BCUT2D eigenvalue weighted by Crippen LogP contribution is -2.24. The zero-order valence-corrected chi connectivity index (χ0v) is 16.9. The summed E-state index contributed by atoms with van der Waals surface area (Å²) in [6.07, 6.45) is 1.55. The van der Waals surface area contributed by atoms with Gasteiger partial charge >= 0.3 is 0 Å². The van der Waals surface area contributed by atoms with Crippen LogP contribution in [0.2, 0.25) is 5.02 Å². The molecule has 0 saturated heterocycles. The number of hydrazone groups is 1. The molecule has 0 aliphatic heterocycles. The van der Waals surface area contributed by atoms with Crippen LogP contribution in [0.3, 0.4) is 0 Å². The molecule has 0 radical (unpaired) electrons. The van der Waals surface area contributed by atoms with Crippen molar-refractivity contribution < 1.29 is 14.3 Å². The van der Waals surface area contributed by atoms with Gasteiger partial charge in [-0.25, -0.2) is 5.43 Å². The van der Waals surface area contributed by atoms with Crippen LogP contribution in [0.25, 0.3) is 0 Å². The van der Waals surface area contributed by atoms with E-state index in [0.29, 0.717) is 16.5 Å². The second-order valence-electron chi connectivity index (χ2n) is 6.44. The molecule has 3 aromatic rings. The number of benzene rings is 3. The number of amides is 1. The van der Waals surface area contributed by atoms with E-state index < -0.39 is 0 Å². The molecule has 1 N–H and O–H groups in total. The van der Waals surface area contributed by atoms with Crippen LogP contribution in [0.1, 0.15) is 16.7 Å². The lowest BCUT2D eigenvalue weighted by molar-refractivity contribution is -0.123. The molecule has 0 spiro atoms. The molecule has 3 aromatic carbocycles. The third-order valence-corrected chi connectivity index (χ3v) is 4.62. The van der Waals surface area contributed by atoms with Crippen molar-refractivity contribution in [3.05, 3.63) is 88.4 Å². The minimum Gasteiger partial charge on any atom is -0.484 e. The summed E-state index contributed by atoms with van der Waals surface area (Å²) in [5, 5.41) is 4.67. The fourth-order valence-electron chi connectivity index (χ4n) is 2.63. The number of hydrogen-bond acceptors (Lipinski definition) is 4. The maximum atomic E-state index is 12.0. The van der Waals surface area contributed by atoms with Crippen LogP contribution >= 0.6 is 11.6 Å². The van der Waals surface area contributed by atoms with Crippen molar-refractivity contribution in [2.45, 2.75) is 13.8 Å². The van der Waals surface area contributed by atoms with Gasteiger partial charge in [-0.1, -0.05) is 41.9 Å². The van der Waals surface area contributed by atoms with Crippen molar-refractivity contribution in [1.29, 1.82) is 0 Å². The number of carbonyl (C=O) groups excluding carboxylic acids is 1. The Morgan fingerprint density at radius 3 is 2.38 bits per heavy atom. The van der Waals surface area contributed by atoms with E-state index in [2.05, 4.69) is 10.5 Å². The predicted octanol–water partition coefficient (Wildman–Crippen LogP) is 5.28. The van der Waals surface area contributed by atoms with Gasteiger partial charge in [-0.05, 0) is 66.9 Å². The summed E-state index contributed by atoms with van der Waals surface area (Å²) in [7, 11) is 0. The second-order valence-corrected chi connectivity index (χ2v) is 6.82. The normalized spacial score (nSPS) is 10.7. The molecule has 148 valence electrons. The molecule has 0 aliphatic carbocycles. The number of hydrogen-bond donors (Lipinski definition) is 1. The quantitative estimate of drug-likeness (QED) is 0.427. The van der Waals surface area contributed by atoms with E-state index in [1.165, 1.54) is 0 Å². The summed E-state index contributed by atoms with van der Waals surface area (Å²) in [5.74, 6) is 1.67. The minimum absolute atomic E-state index is 0.144. The molecule has 5 nitrogen and oxygen atoms in total. The van der Waals surface area contributed by atoms with Gasteiger partial charge in [0.15, 0.2) is 6.61 Å². The van der Waals surface area contributed by atoms with E-state index in [4.69, 9.17) is 21.1 Å². The highest BCUT2D eigenvalue weighted by Crippen LogP contribution is 2.25. The summed E-state index contributed by atoms with van der Waals surface area (Å²) in [6, 6.07) is 20.5. The Labute approximate surface area is 174 Å². The van der Waals surface area contributed by atoms with Crippen molar-refractivity contribution >= 4 is 23.7 Å². The van der Waals surface area contributed by atoms with E-state index in [9.17, 15) is 4.79 Å². The Balaban J connectivity index is 1.52. The maximum absolute atomic E-state index is 12.0. The van der Waals surface area contributed by atoms with Crippen molar-refractivity contribution in [1.82, 2.24) is 5.43 Å². The van der Waals surface area contributed by atoms with Crippen LogP contribution in [-0.4, -0.2) is 18.7 Å². The van der Waals surface area contributed by atoms with Crippen LogP contribution < -0.4 is 14.9 Å². The first kappa shape index (κ1) is 20.4. The third kappa shape index (κ3) is 6.09. The molecule has 0 unspecified atom stereocenters. The third-order valence-electron chi connectivity index (χ3n) is 4.02. The highest BCUT2D eigenvalue weighted by molar-refractivity contribution is 6.32. The fraction of sp³-hybridized carbons (Fsp3) is 0.130. The Bertz CT molecular complexity index is 997. The highest BCUT2D eigenvalue weighted by atomic mass is 35.5. The van der Waals surface area contributed by atoms with Gasteiger partial charge in [0.05, 0.1) is 6.21 Å². The van der Waals surface area contributed by atoms with E-state index >= 15 is 0 Å². The summed E-state index contributed by atoms with van der Waals surface area (Å²) >= 11 is 6.13. The maximum Gasteiger partial charge on any atom is 0.277 e. The first-order valence-electron chi connectivity index (χ1n) is 9.05. The predicted molar refractivity (Wildman–Crippen MR) is 115 cm³/mol. The topological polar surface area (TPSA) is 59.9 Å². The van der Waals surface area contributed by atoms with Gasteiger partial charge in [-0.15, -0.1) is 0 Å². The molecule has 3 rings (SSSR count). The molecular weight excluding hydrogens is 388 g/mol. The zero-order valence-electron chi connectivity index (χ0n) is 16.2. The number of halogens is 1. The molecule has 0 atom stereocenters. The average Bonchev–Trinajstić information content (AvgIpc) is 2.71. The average molecular weight is 409 g/mol. The largest absolute Gasteiger partial charge is 0.484 e. The molecule has 0 saturated carbocycles. The molecule has 0 fully saturated rings. The SMILES string of the molecule is Cc1cc(OCC(=O)NN=Cc2cccc(Oc3ccccc3)c2)cc(C)c1Cl. The van der Waals surface area contributed by atoms with Gasteiger partial charge in [0.25, 0.3) is 5.91 Å². The number of nitrogens with one attached hydrogen (secondary N) is 1. The molecule has 6 heteroatoms. The standard InChI is InChI=1S/C23H21ClN2O3/c1-16-11-21(12-17(2)23(16)24)28-15-22(27)26-25-14-18-7-6-10-20(13-18)29-19-8-4-3-5-9-19/h3-14H,15H2,1-2H3,(H,26,27). The van der Waals surface area contributed by atoms with Gasteiger partial charge in [0, 0.05) is 5.02 Å². The van der Waals surface area contributed by atoms with Gasteiger partial charge in [-0.3, -0.25) is 4.79 Å². The number of nitrogens with zero attached hydrogens (tertiary/aromatic N) is 1. The van der Waals surface area contributed by atoms with Crippen molar-refractivity contribution in [3.8, 4) is 17.2 Å². The molecule has 29 heavy (non-hydrogen) atoms. The van der Waals surface area contributed by atoms with Crippen LogP contribution in [0.15, 0.2) is 71.8 Å². The molecule has 1 amide bonds. The number of aryl methyl sites for hydroxylation is 2. The zero-order chi connectivity index (χ0) is 20.6. The van der Waals surface area contributed by atoms with Crippen LogP contribution in [0.4, 0.5) is 0 Å². The van der Waals surface area contributed by atoms with Crippen molar-refractivity contribution in [3.63, 3.8) is 0 Å². The minimum atomic E-state index is -0.358. The van der Waals surface area contributed by atoms with Crippen LogP contribution in [-0.2, 0) is 4.79 Å². The Hall–Kier alpha value is -3.31. The molecule has 0 aromatic heterocycles. The van der Waals surface area contributed by atoms with E-state index in [-0.39, 0.29) is 12.5 Å². The number of rotatable bonds is 7. The monoisotopic (exact) mass is 408 g/mol. The lowest BCUT2D eigenvalue weighted by atomic mass is 10.1. The van der Waals surface area contributed by atoms with E-state index in [1.807, 2.05) is 68.4 Å². The van der Waals surface area contributed by atoms with Crippen LogP contribution in [0.5, 0.6) is 17.2 Å². The smallest absolute Gasteiger partial charge is 0.277 e. The molecule has 0 aliphatic rings. The lowest BCUT2D eigenvalue weighted by Gasteiger charge is -2.09. The molecule has 0 heterocycles. The Morgan fingerprint density at radius 2 is 1.66 bits per heavy atom. The van der Waals surface area contributed by atoms with Crippen molar-refractivity contribution in [2.75, 3.05) is 6.61 Å². The van der Waals surface area contributed by atoms with Gasteiger partial charge in [0.2, 0.25) is 0 Å². The van der Waals surface area contributed by atoms with Gasteiger partial charge in [-0.2, -0.15) is 5.10 Å². The van der Waals surface area contributed by atoms with E-state index in [0.717, 1.165) is 22.4 Å². The summed E-state index contributed by atoms with van der Waals surface area (Å²) in [6.45, 7) is 3.64. The van der Waals surface area contributed by atoms with Crippen molar-refractivity contribution in [2.24, 2.45) is 5.10 Å². The van der Waals surface area contributed by atoms with Crippen LogP contribution in [0, 0.1) is 13.8 Å². The van der Waals surface area contributed by atoms with E-state index in [1.54, 1.807) is 18.3 Å². The number of para-hydroxylation sites is 1. The summed E-state index contributed by atoms with van der Waals surface area (Å²) in [5.41, 5.74) is 5.05. The van der Waals surface area contributed by atoms with Gasteiger partial charge < -0.3 is 9.47 Å².